The van der Waals surface area contributed by atoms with Crippen molar-refractivity contribution in [1.29, 1.82) is 0 Å². The van der Waals surface area contributed by atoms with Crippen LogP contribution in [0.15, 0.2) is 48.6 Å². The summed E-state index contributed by atoms with van der Waals surface area (Å²) in [6, 6.07) is 8.47. The topological polar surface area (TPSA) is 0 Å². The van der Waals surface area contributed by atoms with Crippen molar-refractivity contribution in [1.82, 2.24) is 0 Å². The summed E-state index contributed by atoms with van der Waals surface area (Å²) in [5, 5.41) is 0. The third-order valence-electron chi connectivity index (χ3n) is 3.63. The first-order valence-electron chi connectivity index (χ1n) is 6.84. The largest absolute Gasteiger partial charge is 2.00 e. The van der Waals surface area contributed by atoms with Gasteiger partial charge in [0.05, 0.1) is 0 Å². The van der Waals surface area contributed by atoms with E-state index < -0.39 is 0 Å². The van der Waals surface area contributed by atoms with Crippen molar-refractivity contribution in [2.45, 2.75) is 47.0 Å². The molecule has 19 heavy (non-hydrogen) atoms. The Hall–Kier alpha value is -0.404. The van der Waals surface area contributed by atoms with Crippen LogP contribution in [0.5, 0.6) is 0 Å². The molecule has 0 fully saturated rings. The van der Waals surface area contributed by atoms with E-state index in [9.17, 15) is 0 Å². The van der Waals surface area contributed by atoms with Gasteiger partial charge in [-0.2, -0.15) is 30.9 Å². The zero-order chi connectivity index (χ0) is 13.6. The fraction of sp³-hybridized carbons (Fsp3) is 0.444. The fourth-order valence-corrected chi connectivity index (χ4v) is 1.80. The van der Waals surface area contributed by atoms with Crippen LogP contribution >= 0.6 is 0 Å². The van der Waals surface area contributed by atoms with Crippen molar-refractivity contribution in [3.05, 3.63) is 60.1 Å². The molecule has 0 aromatic heterocycles. The minimum atomic E-state index is 0. The van der Waals surface area contributed by atoms with Gasteiger partial charge >= 0.3 is 23.1 Å². The van der Waals surface area contributed by atoms with Gasteiger partial charge < -0.3 is 5.92 Å². The molecule has 100 valence electrons. The minimum Gasteiger partial charge on any atom is -0.312 e. The Morgan fingerprint density at radius 3 is 1.84 bits per heavy atom. The molecule has 0 heterocycles. The minimum absolute atomic E-state index is 0. The van der Waals surface area contributed by atoms with Gasteiger partial charge in [0.25, 0.3) is 0 Å². The van der Waals surface area contributed by atoms with E-state index in [1.165, 1.54) is 12.0 Å². The van der Waals surface area contributed by atoms with E-state index in [1.54, 1.807) is 5.92 Å². The molecular formula is C18H26Mg. The number of rotatable bonds is 2. The molecule has 0 N–H and O–H groups in total. The van der Waals surface area contributed by atoms with Crippen molar-refractivity contribution >= 4 is 23.1 Å². The molecule has 0 spiro atoms. The average Bonchev–Trinajstić information content (AvgIpc) is 2.98. The number of hydrogen-bond acceptors (Lipinski definition) is 0. The summed E-state index contributed by atoms with van der Waals surface area (Å²) < 4.78 is 0. The second-order valence-electron chi connectivity index (χ2n) is 5.90. The molecule has 0 atom stereocenters. The normalized spacial score (nSPS) is 14.2. The van der Waals surface area contributed by atoms with Gasteiger partial charge in [-0.25, -0.2) is 12.1 Å². The Morgan fingerprint density at radius 1 is 1.05 bits per heavy atom. The smallest absolute Gasteiger partial charge is 0.312 e. The Labute approximate surface area is 135 Å². The molecule has 1 aliphatic rings. The van der Waals surface area contributed by atoms with E-state index in [0.717, 1.165) is 0 Å². The molecule has 0 aliphatic heterocycles. The Bertz CT molecular complexity index is 364. The van der Waals surface area contributed by atoms with Crippen LogP contribution < -0.4 is 0 Å². The molecule has 0 amide bonds. The van der Waals surface area contributed by atoms with E-state index in [-0.39, 0.29) is 23.1 Å². The van der Waals surface area contributed by atoms with Crippen LogP contribution in [0.2, 0.25) is 0 Å². The molecule has 0 radical (unpaired) electrons. The van der Waals surface area contributed by atoms with Crippen molar-refractivity contribution in [3.63, 3.8) is 0 Å². The molecule has 0 saturated carbocycles. The molecule has 0 saturated heterocycles. The standard InChI is InChI=1S/C10H9.C8H17.Mg/c1-2-6-9(5-1)10-7-3-4-8-10;1-6-7(2)8(3,4)5;/h1-9H;6H2,1-5H3;/q2*-1;+2. The Balaban J connectivity index is 0.000000335. The van der Waals surface area contributed by atoms with Gasteiger partial charge in [0.15, 0.2) is 0 Å². The third kappa shape index (κ3) is 6.53. The summed E-state index contributed by atoms with van der Waals surface area (Å²) in [7, 11) is 0. The summed E-state index contributed by atoms with van der Waals surface area (Å²) in [4.78, 5) is 0. The van der Waals surface area contributed by atoms with Crippen molar-refractivity contribution < 1.29 is 0 Å². The molecule has 1 heteroatoms. The number of allylic oxidation sites excluding steroid dienone is 4. The number of hydrogen-bond donors (Lipinski definition) is 0. The molecule has 2 rings (SSSR count). The van der Waals surface area contributed by atoms with E-state index in [1.807, 2.05) is 0 Å². The van der Waals surface area contributed by atoms with Crippen LogP contribution in [0, 0.1) is 11.3 Å². The summed E-state index contributed by atoms with van der Waals surface area (Å²) in [6.45, 7) is 11.2. The predicted octanol–water partition coefficient (Wildman–Crippen LogP) is 5.27. The monoisotopic (exact) mass is 266 g/mol. The van der Waals surface area contributed by atoms with E-state index in [4.69, 9.17) is 0 Å². The van der Waals surface area contributed by atoms with Gasteiger partial charge in [-0.1, -0.05) is 52.0 Å². The SMILES string of the molecule is C1=CC([c-]2cccc2)C=C1.CC[C-](C)C(C)(C)C.[Mg+2]. The van der Waals surface area contributed by atoms with E-state index in [2.05, 4.69) is 83.2 Å². The molecule has 1 aromatic carbocycles. The Morgan fingerprint density at radius 2 is 1.53 bits per heavy atom. The van der Waals surface area contributed by atoms with Crippen LogP contribution in [0.25, 0.3) is 0 Å². The van der Waals surface area contributed by atoms with Gasteiger partial charge in [0, 0.05) is 0 Å². The van der Waals surface area contributed by atoms with E-state index in [0.29, 0.717) is 11.3 Å². The first-order chi connectivity index (χ1) is 8.45. The fourth-order valence-electron chi connectivity index (χ4n) is 1.80. The van der Waals surface area contributed by atoms with Crippen LogP contribution in [-0.2, 0) is 0 Å². The second kappa shape index (κ2) is 8.70. The molecule has 0 bridgehead atoms. The predicted molar refractivity (Wildman–Crippen MR) is 87.5 cm³/mol. The summed E-state index contributed by atoms with van der Waals surface area (Å²) in [5.74, 6) is 2.12. The van der Waals surface area contributed by atoms with Gasteiger partial charge in [0.1, 0.15) is 0 Å². The zero-order valence-electron chi connectivity index (χ0n) is 13.1. The maximum atomic E-state index is 2.26. The molecule has 0 nitrogen and oxygen atoms in total. The van der Waals surface area contributed by atoms with Crippen LogP contribution in [0.1, 0.15) is 52.5 Å². The third-order valence-corrected chi connectivity index (χ3v) is 3.63. The van der Waals surface area contributed by atoms with Gasteiger partial charge in [-0.15, -0.1) is 5.56 Å². The van der Waals surface area contributed by atoms with Crippen molar-refractivity contribution in [3.8, 4) is 0 Å². The van der Waals surface area contributed by atoms with Crippen molar-refractivity contribution in [2.75, 3.05) is 0 Å². The van der Waals surface area contributed by atoms with Gasteiger partial charge in [-0.3, -0.25) is 0 Å². The zero-order valence-corrected chi connectivity index (χ0v) is 14.5. The maximum Gasteiger partial charge on any atom is 2.00 e. The van der Waals surface area contributed by atoms with Gasteiger partial charge in [0.2, 0.25) is 0 Å². The average molecular weight is 267 g/mol. The molecular weight excluding hydrogens is 241 g/mol. The van der Waals surface area contributed by atoms with E-state index >= 15 is 0 Å². The van der Waals surface area contributed by atoms with Crippen LogP contribution in [0.4, 0.5) is 0 Å². The van der Waals surface area contributed by atoms with Crippen LogP contribution in [-0.4, -0.2) is 23.1 Å². The second-order valence-corrected chi connectivity index (χ2v) is 5.90. The van der Waals surface area contributed by atoms with Crippen molar-refractivity contribution in [2.24, 2.45) is 5.41 Å². The maximum absolute atomic E-state index is 2.26. The molecule has 0 unspecified atom stereocenters. The summed E-state index contributed by atoms with van der Waals surface area (Å²) in [6.07, 6.45) is 9.81. The summed E-state index contributed by atoms with van der Waals surface area (Å²) >= 11 is 0. The first-order valence-corrected chi connectivity index (χ1v) is 6.84. The van der Waals surface area contributed by atoms with Crippen LogP contribution in [0.3, 0.4) is 0 Å². The molecule has 1 aliphatic carbocycles. The first kappa shape index (κ1) is 18.6. The summed E-state index contributed by atoms with van der Waals surface area (Å²) in [5.41, 5.74) is 1.82. The van der Waals surface area contributed by atoms with Gasteiger partial charge in [-0.05, 0) is 5.92 Å². The molecule has 1 aromatic rings. The Kier molecular flexibility index (Phi) is 8.52. The quantitative estimate of drug-likeness (QED) is 0.505.